The Balaban J connectivity index is 1.74. The molecule has 3 aromatic carbocycles. The van der Waals surface area contributed by atoms with Gasteiger partial charge < -0.3 is 10.1 Å². The summed E-state index contributed by atoms with van der Waals surface area (Å²) in [5.74, 6) is -0.0567. The van der Waals surface area contributed by atoms with Gasteiger partial charge in [0.05, 0.1) is 16.7 Å². The number of halogens is 1. The van der Waals surface area contributed by atoms with Crippen molar-refractivity contribution in [3.8, 4) is 17.9 Å². The summed E-state index contributed by atoms with van der Waals surface area (Å²) in [6, 6.07) is 21.9. The van der Waals surface area contributed by atoms with Crippen molar-refractivity contribution in [2.75, 3.05) is 5.32 Å². The molecule has 0 aromatic heterocycles. The number of hydrogen-bond acceptors (Lipinski definition) is 4. The number of nitrogens with one attached hydrogen (secondary N) is 1. The van der Waals surface area contributed by atoms with Crippen molar-refractivity contribution in [2.24, 2.45) is 0 Å². The summed E-state index contributed by atoms with van der Waals surface area (Å²) in [6.45, 7) is 4.06. The number of carbonyl (C=O) groups is 1. The number of nitrogens with zero attached hydrogens (tertiary/aromatic N) is 2. The van der Waals surface area contributed by atoms with Crippen LogP contribution < -0.4 is 10.1 Å². The average molecular weight is 442 g/mol. The number of carbonyl (C=O) groups excluding carboxylic acids is 1. The minimum atomic E-state index is -0.496. The predicted octanol–water partition coefficient (Wildman–Crippen LogP) is 5.95. The van der Waals surface area contributed by atoms with Gasteiger partial charge in [0, 0.05) is 11.3 Å². The summed E-state index contributed by atoms with van der Waals surface area (Å²) < 4.78 is 5.75. The summed E-state index contributed by atoms with van der Waals surface area (Å²) in [5.41, 5.74) is 4.50. The van der Waals surface area contributed by atoms with Crippen LogP contribution in [0.25, 0.3) is 6.08 Å². The fourth-order valence-corrected chi connectivity index (χ4v) is 3.34. The number of hydrogen-bond donors (Lipinski definition) is 1. The van der Waals surface area contributed by atoms with E-state index in [2.05, 4.69) is 11.4 Å². The van der Waals surface area contributed by atoms with Gasteiger partial charge in [0.15, 0.2) is 0 Å². The fourth-order valence-electron chi connectivity index (χ4n) is 3.09. The van der Waals surface area contributed by atoms with Gasteiger partial charge in [-0.3, -0.25) is 4.79 Å². The summed E-state index contributed by atoms with van der Waals surface area (Å²) in [5, 5.41) is 21.8. The highest BCUT2D eigenvalue weighted by Crippen LogP contribution is 2.28. The average Bonchev–Trinajstić information content (AvgIpc) is 2.78. The number of rotatable bonds is 6. The molecule has 1 amide bonds. The highest BCUT2D eigenvalue weighted by molar-refractivity contribution is 6.32. The Morgan fingerprint density at radius 3 is 2.56 bits per heavy atom. The number of anilines is 1. The van der Waals surface area contributed by atoms with Gasteiger partial charge in [-0.05, 0) is 55.3 Å². The summed E-state index contributed by atoms with van der Waals surface area (Å²) in [4.78, 5) is 12.6. The number of nitriles is 2. The first-order valence-corrected chi connectivity index (χ1v) is 10.2. The van der Waals surface area contributed by atoms with Crippen molar-refractivity contribution in [1.82, 2.24) is 0 Å². The molecule has 0 aliphatic carbocycles. The molecule has 0 heterocycles. The van der Waals surface area contributed by atoms with E-state index in [0.29, 0.717) is 27.6 Å². The van der Waals surface area contributed by atoms with E-state index in [-0.39, 0.29) is 12.2 Å². The Morgan fingerprint density at radius 1 is 1.09 bits per heavy atom. The van der Waals surface area contributed by atoms with E-state index in [9.17, 15) is 15.3 Å². The van der Waals surface area contributed by atoms with Crippen molar-refractivity contribution in [3.63, 3.8) is 0 Å². The molecule has 0 radical (unpaired) electrons. The molecule has 0 saturated heterocycles. The molecule has 32 heavy (non-hydrogen) atoms. The second kappa shape index (κ2) is 10.3. The van der Waals surface area contributed by atoms with E-state index in [1.54, 1.807) is 30.3 Å². The van der Waals surface area contributed by atoms with Crippen LogP contribution in [0, 0.1) is 36.5 Å². The third-order valence-corrected chi connectivity index (χ3v) is 5.08. The first-order chi connectivity index (χ1) is 15.4. The first-order valence-electron chi connectivity index (χ1n) is 9.82. The highest BCUT2D eigenvalue weighted by Gasteiger charge is 2.12. The van der Waals surface area contributed by atoms with E-state index in [1.165, 1.54) is 6.08 Å². The second-order valence-corrected chi connectivity index (χ2v) is 7.60. The second-order valence-electron chi connectivity index (χ2n) is 7.19. The van der Waals surface area contributed by atoms with Crippen LogP contribution in [0.5, 0.6) is 5.75 Å². The minimum absolute atomic E-state index is 0.0438. The quantitative estimate of drug-likeness (QED) is 0.378. The van der Waals surface area contributed by atoms with Gasteiger partial charge in [0.2, 0.25) is 0 Å². The maximum Gasteiger partial charge on any atom is 0.266 e. The van der Waals surface area contributed by atoms with Crippen molar-refractivity contribution in [2.45, 2.75) is 20.5 Å². The fraction of sp³-hybridized carbons (Fsp3) is 0.115. The molecular formula is C26H20ClN3O2. The van der Waals surface area contributed by atoms with Crippen molar-refractivity contribution < 1.29 is 9.53 Å². The van der Waals surface area contributed by atoms with E-state index in [1.807, 2.05) is 50.2 Å². The van der Waals surface area contributed by atoms with Gasteiger partial charge in [-0.1, -0.05) is 53.6 Å². The van der Waals surface area contributed by atoms with Crippen molar-refractivity contribution >= 4 is 29.3 Å². The molecule has 0 saturated carbocycles. The molecule has 1 N–H and O–H groups in total. The summed E-state index contributed by atoms with van der Waals surface area (Å²) in [7, 11) is 0. The Bertz CT molecular complexity index is 1280. The van der Waals surface area contributed by atoms with Gasteiger partial charge in [-0.15, -0.1) is 0 Å². The monoisotopic (exact) mass is 441 g/mol. The molecule has 0 spiro atoms. The van der Waals surface area contributed by atoms with Gasteiger partial charge in [0.1, 0.15) is 24.0 Å². The van der Waals surface area contributed by atoms with Crippen molar-refractivity contribution in [1.29, 1.82) is 10.5 Å². The standard InChI is InChI=1S/C26H20ClN3O2/c1-17-7-9-24(18(2)11-17)30-26(31)22(15-29)12-19-8-10-25(23(27)13-19)32-16-21-6-4-3-5-20(21)14-28/h3-13H,16H2,1-2H3,(H,30,31)/b22-12+. The number of benzene rings is 3. The van der Waals surface area contributed by atoms with Crippen LogP contribution in [0.15, 0.2) is 66.2 Å². The van der Waals surface area contributed by atoms with E-state index < -0.39 is 5.91 Å². The van der Waals surface area contributed by atoms with E-state index >= 15 is 0 Å². The number of ether oxygens (including phenoxy) is 1. The van der Waals surface area contributed by atoms with Gasteiger partial charge in [-0.25, -0.2) is 0 Å². The molecule has 0 bridgehead atoms. The molecule has 5 nitrogen and oxygen atoms in total. The van der Waals surface area contributed by atoms with E-state index in [0.717, 1.165) is 16.7 Å². The van der Waals surface area contributed by atoms with E-state index in [4.69, 9.17) is 16.3 Å². The zero-order chi connectivity index (χ0) is 23.1. The zero-order valence-corrected chi connectivity index (χ0v) is 18.4. The normalized spacial score (nSPS) is 10.7. The molecule has 0 aliphatic rings. The lowest BCUT2D eigenvalue weighted by Crippen LogP contribution is -2.14. The van der Waals surface area contributed by atoms with Crippen LogP contribution in [0.1, 0.15) is 27.8 Å². The molecule has 158 valence electrons. The van der Waals surface area contributed by atoms with Crippen LogP contribution in [0.4, 0.5) is 5.69 Å². The molecule has 0 fully saturated rings. The SMILES string of the molecule is Cc1ccc(NC(=O)/C(C#N)=C/c2ccc(OCc3ccccc3C#N)c(Cl)c2)c(C)c1. The Labute approximate surface area is 192 Å². The molecular weight excluding hydrogens is 422 g/mol. The Kier molecular flexibility index (Phi) is 7.29. The maximum atomic E-state index is 12.6. The summed E-state index contributed by atoms with van der Waals surface area (Å²) >= 11 is 6.34. The minimum Gasteiger partial charge on any atom is -0.487 e. The summed E-state index contributed by atoms with van der Waals surface area (Å²) in [6.07, 6.45) is 1.47. The molecule has 0 atom stereocenters. The predicted molar refractivity (Wildman–Crippen MR) is 125 cm³/mol. The van der Waals surface area contributed by atoms with Crippen LogP contribution in [-0.4, -0.2) is 5.91 Å². The molecule has 3 aromatic rings. The first kappa shape index (κ1) is 22.6. The molecule has 0 unspecified atom stereocenters. The largest absolute Gasteiger partial charge is 0.487 e. The van der Waals surface area contributed by atoms with Gasteiger partial charge in [-0.2, -0.15) is 10.5 Å². The van der Waals surface area contributed by atoms with Crippen LogP contribution in [0.2, 0.25) is 5.02 Å². The van der Waals surface area contributed by atoms with Crippen LogP contribution in [0.3, 0.4) is 0 Å². The number of aryl methyl sites for hydroxylation is 2. The topological polar surface area (TPSA) is 85.9 Å². The van der Waals surface area contributed by atoms with Crippen molar-refractivity contribution in [3.05, 3.63) is 99.1 Å². The molecule has 0 aliphatic heterocycles. The van der Waals surface area contributed by atoms with Crippen LogP contribution >= 0.6 is 11.6 Å². The number of amides is 1. The lowest BCUT2D eigenvalue weighted by molar-refractivity contribution is -0.112. The zero-order valence-electron chi connectivity index (χ0n) is 17.6. The lowest BCUT2D eigenvalue weighted by Gasteiger charge is -2.10. The third-order valence-electron chi connectivity index (χ3n) is 4.78. The lowest BCUT2D eigenvalue weighted by atomic mass is 10.1. The van der Waals surface area contributed by atoms with Crippen LogP contribution in [-0.2, 0) is 11.4 Å². The smallest absolute Gasteiger partial charge is 0.266 e. The maximum absolute atomic E-state index is 12.6. The Hall–Kier alpha value is -4.06. The van der Waals surface area contributed by atoms with Gasteiger partial charge in [0.25, 0.3) is 5.91 Å². The molecule has 6 heteroatoms. The Morgan fingerprint density at radius 2 is 1.88 bits per heavy atom. The molecule has 3 rings (SSSR count). The highest BCUT2D eigenvalue weighted by atomic mass is 35.5. The van der Waals surface area contributed by atoms with Gasteiger partial charge >= 0.3 is 0 Å². The third kappa shape index (κ3) is 5.55.